The fourth-order valence-corrected chi connectivity index (χ4v) is 10.5. The van der Waals surface area contributed by atoms with Gasteiger partial charge >= 0.3 is 0 Å². The Kier molecular flexibility index (Phi) is 5.43. The molecule has 0 N–H and O–H groups in total. The highest BCUT2D eigenvalue weighted by Crippen LogP contribution is 2.30. The largest absolute Gasteiger partial charge is 0.176 e. The van der Waals surface area contributed by atoms with E-state index in [1.807, 2.05) is 0 Å². The summed E-state index contributed by atoms with van der Waals surface area (Å²) in [4.78, 5) is 0. The van der Waals surface area contributed by atoms with Crippen molar-refractivity contribution in [3.05, 3.63) is 112 Å². The molecule has 0 atom stereocenters. The van der Waals surface area contributed by atoms with E-state index in [9.17, 15) is 0 Å². The van der Waals surface area contributed by atoms with Gasteiger partial charge in [0.1, 0.15) is 0 Å². The van der Waals surface area contributed by atoms with Gasteiger partial charge in [0.15, 0.2) is 8.07 Å². The first-order valence-corrected chi connectivity index (χ1v) is 12.7. The van der Waals surface area contributed by atoms with Gasteiger partial charge < -0.3 is 0 Å². The fourth-order valence-electron chi connectivity index (χ4n) is 4.93. The minimum atomic E-state index is -2.35. The minimum absolute atomic E-state index is 1.06. The average molecular weight is 395 g/mol. The fraction of sp³-hybridized carbons (Fsp3) is 0.214. The Morgan fingerprint density at radius 3 is 1.52 bits per heavy atom. The normalized spacial score (nSPS) is 13.9. The highest BCUT2D eigenvalue weighted by atomic mass is 28.3. The third-order valence-electron chi connectivity index (χ3n) is 6.22. The maximum Gasteiger partial charge on any atom is 0.176 e. The summed E-state index contributed by atoms with van der Waals surface area (Å²) < 4.78 is 0. The van der Waals surface area contributed by atoms with Gasteiger partial charge in [-0.1, -0.05) is 119 Å². The summed E-state index contributed by atoms with van der Waals surface area (Å²) >= 11 is 0. The maximum absolute atomic E-state index is 2.44. The van der Waals surface area contributed by atoms with Crippen LogP contribution in [0.15, 0.2) is 95.7 Å². The van der Waals surface area contributed by atoms with Crippen molar-refractivity contribution in [2.24, 2.45) is 0 Å². The van der Waals surface area contributed by atoms with Crippen molar-refractivity contribution >= 4 is 23.6 Å². The predicted molar refractivity (Wildman–Crippen MR) is 129 cm³/mol. The lowest BCUT2D eigenvalue weighted by atomic mass is 10.2. The molecule has 1 aliphatic carbocycles. The standard InChI is InChI=1S/C28H30Si/c1-5-24-13-9-17-28(24)29(25-14-6-10-21(2)18-25,26-15-7-11-22(3)19-26)27-16-8-12-23(4)20-27/h6-16,18-20H,5,17H2,1-4H3. The van der Waals surface area contributed by atoms with Crippen molar-refractivity contribution in [3.8, 4) is 0 Å². The Labute approximate surface area is 176 Å². The molecule has 0 fully saturated rings. The summed E-state index contributed by atoms with van der Waals surface area (Å²) in [6.45, 7) is 8.96. The highest BCUT2D eigenvalue weighted by Gasteiger charge is 2.44. The SMILES string of the molecule is CCC1=C([Si](c2cccc(C)c2)(c2cccc(C)c2)c2cccc(C)c2)CC=C1. The topological polar surface area (TPSA) is 0 Å². The van der Waals surface area contributed by atoms with Crippen LogP contribution in [0.3, 0.4) is 0 Å². The molecule has 0 spiro atoms. The molecule has 4 rings (SSSR count). The van der Waals surface area contributed by atoms with Crippen LogP contribution in [0.1, 0.15) is 36.5 Å². The second-order valence-electron chi connectivity index (χ2n) is 8.32. The Balaban J connectivity index is 2.17. The Morgan fingerprint density at radius 1 is 0.690 bits per heavy atom. The number of rotatable bonds is 5. The summed E-state index contributed by atoms with van der Waals surface area (Å²) in [6.07, 6.45) is 6.89. The number of allylic oxidation sites excluding steroid dienone is 4. The maximum atomic E-state index is 2.44. The van der Waals surface area contributed by atoms with Crippen LogP contribution in [0.4, 0.5) is 0 Å². The van der Waals surface area contributed by atoms with Crippen LogP contribution < -0.4 is 15.6 Å². The molecule has 3 aromatic rings. The Hall–Kier alpha value is -2.64. The molecular formula is C28H30Si. The number of hydrogen-bond donors (Lipinski definition) is 0. The molecule has 1 aliphatic rings. The molecular weight excluding hydrogens is 364 g/mol. The van der Waals surface area contributed by atoms with E-state index in [1.165, 1.54) is 37.8 Å². The van der Waals surface area contributed by atoms with E-state index in [-0.39, 0.29) is 0 Å². The van der Waals surface area contributed by atoms with Gasteiger partial charge in [0.2, 0.25) is 0 Å². The first-order chi connectivity index (χ1) is 14.1. The highest BCUT2D eigenvalue weighted by molar-refractivity contribution is 7.16. The van der Waals surface area contributed by atoms with Crippen molar-refractivity contribution in [3.63, 3.8) is 0 Å². The minimum Gasteiger partial charge on any atom is -0.0805 e. The van der Waals surface area contributed by atoms with Crippen LogP contribution in [0.2, 0.25) is 0 Å². The summed E-state index contributed by atoms with van der Waals surface area (Å²) in [5.74, 6) is 0. The molecule has 0 heterocycles. The third-order valence-corrected chi connectivity index (χ3v) is 11.2. The van der Waals surface area contributed by atoms with E-state index in [0.717, 1.165) is 12.8 Å². The first kappa shape index (κ1) is 19.7. The molecule has 0 saturated heterocycles. The van der Waals surface area contributed by atoms with Crippen LogP contribution in [-0.2, 0) is 0 Å². The van der Waals surface area contributed by atoms with Crippen molar-refractivity contribution in [1.29, 1.82) is 0 Å². The van der Waals surface area contributed by atoms with Gasteiger partial charge in [0.25, 0.3) is 0 Å². The summed E-state index contributed by atoms with van der Waals surface area (Å²) in [6, 6.07) is 27.8. The molecule has 29 heavy (non-hydrogen) atoms. The molecule has 0 radical (unpaired) electrons. The van der Waals surface area contributed by atoms with E-state index in [4.69, 9.17) is 0 Å². The van der Waals surface area contributed by atoms with Gasteiger partial charge in [-0.15, -0.1) is 0 Å². The molecule has 0 saturated carbocycles. The third kappa shape index (κ3) is 3.45. The van der Waals surface area contributed by atoms with Crippen molar-refractivity contribution in [2.45, 2.75) is 40.5 Å². The summed E-state index contributed by atoms with van der Waals surface area (Å²) in [5.41, 5.74) is 5.54. The van der Waals surface area contributed by atoms with E-state index in [1.54, 1.807) is 5.20 Å². The second-order valence-corrected chi connectivity index (χ2v) is 12.2. The lowest BCUT2D eigenvalue weighted by Gasteiger charge is -2.37. The monoisotopic (exact) mass is 394 g/mol. The van der Waals surface area contributed by atoms with Crippen LogP contribution in [0, 0.1) is 20.8 Å². The van der Waals surface area contributed by atoms with Crippen LogP contribution in [-0.4, -0.2) is 8.07 Å². The van der Waals surface area contributed by atoms with Crippen LogP contribution >= 0.6 is 0 Å². The van der Waals surface area contributed by atoms with E-state index in [0.29, 0.717) is 0 Å². The van der Waals surface area contributed by atoms with Crippen LogP contribution in [0.25, 0.3) is 0 Å². The van der Waals surface area contributed by atoms with Gasteiger partial charge in [-0.3, -0.25) is 0 Å². The van der Waals surface area contributed by atoms with E-state index < -0.39 is 8.07 Å². The lowest BCUT2D eigenvalue weighted by molar-refractivity contribution is 1.14. The molecule has 146 valence electrons. The smallest absolute Gasteiger partial charge is 0.0805 e. The van der Waals surface area contributed by atoms with Crippen molar-refractivity contribution in [2.75, 3.05) is 0 Å². The Morgan fingerprint density at radius 2 is 1.14 bits per heavy atom. The zero-order valence-corrected chi connectivity index (χ0v) is 19.0. The number of benzene rings is 3. The quantitative estimate of drug-likeness (QED) is 0.407. The lowest BCUT2D eigenvalue weighted by Crippen LogP contribution is -2.69. The molecule has 0 unspecified atom stereocenters. The van der Waals surface area contributed by atoms with Gasteiger partial charge in [-0.2, -0.15) is 0 Å². The molecule has 0 nitrogen and oxygen atoms in total. The van der Waals surface area contributed by atoms with E-state index >= 15 is 0 Å². The molecule has 1 heteroatoms. The summed E-state index contributed by atoms with van der Waals surface area (Å²) in [5, 5.41) is 6.15. The zero-order chi connectivity index (χ0) is 20.4. The first-order valence-electron chi connectivity index (χ1n) is 10.7. The number of hydrogen-bond acceptors (Lipinski definition) is 0. The second kappa shape index (κ2) is 8.00. The number of aryl methyl sites for hydroxylation is 3. The predicted octanol–water partition coefficient (Wildman–Crippen LogP) is 5.29. The molecule has 0 aromatic heterocycles. The zero-order valence-electron chi connectivity index (χ0n) is 18.0. The average Bonchev–Trinajstić information content (AvgIpc) is 3.18. The van der Waals surface area contributed by atoms with Gasteiger partial charge in [-0.05, 0) is 49.2 Å². The molecule has 0 bridgehead atoms. The van der Waals surface area contributed by atoms with E-state index in [2.05, 4.69) is 113 Å². The van der Waals surface area contributed by atoms with Crippen molar-refractivity contribution < 1.29 is 0 Å². The molecule has 0 amide bonds. The van der Waals surface area contributed by atoms with Crippen LogP contribution in [0.5, 0.6) is 0 Å². The van der Waals surface area contributed by atoms with Crippen molar-refractivity contribution in [1.82, 2.24) is 0 Å². The van der Waals surface area contributed by atoms with Gasteiger partial charge in [0, 0.05) is 0 Å². The van der Waals surface area contributed by atoms with Gasteiger partial charge in [-0.25, -0.2) is 0 Å². The van der Waals surface area contributed by atoms with Gasteiger partial charge in [0.05, 0.1) is 0 Å². The summed E-state index contributed by atoms with van der Waals surface area (Å²) in [7, 11) is -2.35. The molecule has 0 aliphatic heterocycles. The molecule has 3 aromatic carbocycles. The Bertz CT molecular complexity index is 990.